The normalized spacial score (nSPS) is 19.6. The number of carboxylic acids is 1. The SMILES string of the molecule is O=C(O)C(F)(F)C1CCc2c(F)cccc21. The third-order valence-corrected chi connectivity index (χ3v) is 2.94. The van der Waals surface area contributed by atoms with Crippen molar-refractivity contribution in [1.29, 1.82) is 0 Å². The maximum Gasteiger partial charge on any atom is 0.375 e. The molecular formula is C11H9F3O2. The van der Waals surface area contributed by atoms with Gasteiger partial charge in [-0.05, 0) is 30.0 Å². The summed E-state index contributed by atoms with van der Waals surface area (Å²) in [5.41, 5.74) is 0.334. The summed E-state index contributed by atoms with van der Waals surface area (Å²) >= 11 is 0. The van der Waals surface area contributed by atoms with Gasteiger partial charge in [0.2, 0.25) is 0 Å². The Labute approximate surface area is 89.7 Å². The number of hydrogen-bond donors (Lipinski definition) is 1. The molecule has 0 heterocycles. The molecule has 0 spiro atoms. The summed E-state index contributed by atoms with van der Waals surface area (Å²) in [6, 6.07) is 3.89. The van der Waals surface area contributed by atoms with Crippen molar-refractivity contribution >= 4 is 5.97 Å². The maximum atomic E-state index is 13.3. The van der Waals surface area contributed by atoms with Gasteiger partial charge in [0.25, 0.3) is 0 Å². The molecule has 1 aliphatic rings. The van der Waals surface area contributed by atoms with Gasteiger partial charge in [-0.2, -0.15) is 8.78 Å². The molecule has 1 aliphatic carbocycles. The van der Waals surface area contributed by atoms with Crippen molar-refractivity contribution in [3.8, 4) is 0 Å². The van der Waals surface area contributed by atoms with Crippen LogP contribution < -0.4 is 0 Å². The first-order chi connectivity index (χ1) is 7.44. The number of benzene rings is 1. The van der Waals surface area contributed by atoms with Crippen molar-refractivity contribution in [2.24, 2.45) is 0 Å². The van der Waals surface area contributed by atoms with Crippen molar-refractivity contribution in [2.45, 2.75) is 24.7 Å². The minimum Gasteiger partial charge on any atom is -0.477 e. The molecule has 2 rings (SSSR count). The number of fused-ring (bicyclic) bond motifs is 1. The first kappa shape index (κ1) is 11.0. The van der Waals surface area contributed by atoms with Crippen LogP contribution in [0.1, 0.15) is 23.5 Å². The Morgan fingerprint density at radius 3 is 2.75 bits per heavy atom. The molecule has 1 aromatic carbocycles. The minimum atomic E-state index is -3.83. The lowest BCUT2D eigenvalue weighted by molar-refractivity contribution is -0.168. The Hall–Kier alpha value is -1.52. The molecule has 2 nitrogen and oxygen atoms in total. The zero-order valence-corrected chi connectivity index (χ0v) is 8.21. The Balaban J connectivity index is 2.45. The van der Waals surface area contributed by atoms with Crippen LogP contribution in [0.2, 0.25) is 0 Å². The molecule has 0 amide bonds. The average molecular weight is 230 g/mol. The minimum absolute atomic E-state index is 0.0322. The van der Waals surface area contributed by atoms with Crippen LogP contribution in [-0.2, 0) is 11.2 Å². The van der Waals surface area contributed by atoms with Gasteiger partial charge in [-0.3, -0.25) is 0 Å². The van der Waals surface area contributed by atoms with Crippen molar-refractivity contribution in [1.82, 2.24) is 0 Å². The fraction of sp³-hybridized carbons (Fsp3) is 0.364. The Morgan fingerprint density at radius 1 is 1.44 bits per heavy atom. The second kappa shape index (κ2) is 3.50. The smallest absolute Gasteiger partial charge is 0.375 e. The third-order valence-electron chi connectivity index (χ3n) is 2.94. The lowest BCUT2D eigenvalue weighted by atomic mass is 9.94. The first-order valence-corrected chi connectivity index (χ1v) is 4.83. The van der Waals surface area contributed by atoms with Crippen LogP contribution in [0.4, 0.5) is 13.2 Å². The number of aliphatic carboxylic acids is 1. The predicted molar refractivity (Wildman–Crippen MR) is 50.0 cm³/mol. The van der Waals surface area contributed by atoms with Crippen LogP contribution in [0.5, 0.6) is 0 Å². The highest BCUT2D eigenvalue weighted by Crippen LogP contribution is 2.44. The van der Waals surface area contributed by atoms with E-state index in [1.807, 2.05) is 0 Å². The monoisotopic (exact) mass is 230 g/mol. The number of rotatable bonds is 2. The van der Waals surface area contributed by atoms with Gasteiger partial charge in [0, 0.05) is 0 Å². The molecule has 0 fully saturated rings. The summed E-state index contributed by atoms with van der Waals surface area (Å²) in [6.45, 7) is 0. The van der Waals surface area contributed by atoms with Gasteiger partial charge in [0.1, 0.15) is 5.82 Å². The number of alkyl halides is 2. The van der Waals surface area contributed by atoms with E-state index in [2.05, 4.69) is 0 Å². The standard InChI is InChI=1S/C11H9F3O2/c12-9-3-1-2-6-7(9)4-5-8(6)11(13,14)10(15)16/h1-3,8H,4-5H2,(H,15,16). The topological polar surface area (TPSA) is 37.3 Å². The van der Waals surface area contributed by atoms with Crippen LogP contribution in [-0.4, -0.2) is 17.0 Å². The van der Waals surface area contributed by atoms with Crippen molar-refractivity contribution in [3.63, 3.8) is 0 Å². The molecule has 86 valence electrons. The van der Waals surface area contributed by atoms with E-state index in [0.717, 1.165) is 0 Å². The Bertz CT molecular complexity index is 443. The van der Waals surface area contributed by atoms with Gasteiger partial charge in [0.05, 0.1) is 5.92 Å². The molecule has 0 aliphatic heterocycles. The molecule has 1 atom stereocenters. The number of carbonyl (C=O) groups is 1. The zero-order chi connectivity index (χ0) is 11.9. The van der Waals surface area contributed by atoms with Gasteiger partial charge < -0.3 is 5.11 Å². The molecule has 16 heavy (non-hydrogen) atoms. The van der Waals surface area contributed by atoms with Crippen molar-refractivity contribution in [2.75, 3.05) is 0 Å². The van der Waals surface area contributed by atoms with E-state index in [4.69, 9.17) is 5.11 Å². The van der Waals surface area contributed by atoms with Crippen molar-refractivity contribution in [3.05, 3.63) is 35.1 Å². The highest BCUT2D eigenvalue weighted by molar-refractivity contribution is 5.77. The van der Waals surface area contributed by atoms with Crippen LogP contribution in [0.3, 0.4) is 0 Å². The summed E-state index contributed by atoms with van der Waals surface area (Å²) in [5.74, 6) is -7.95. The van der Waals surface area contributed by atoms with Gasteiger partial charge in [-0.25, -0.2) is 9.18 Å². The third kappa shape index (κ3) is 1.47. The molecular weight excluding hydrogens is 221 g/mol. The number of halogens is 3. The zero-order valence-electron chi connectivity index (χ0n) is 8.21. The highest BCUT2D eigenvalue weighted by Gasteiger charge is 2.50. The first-order valence-electron chi connectivity index (χ1n) is 4.83. The van der Waals surface area contributed by atoms with Gasteiger partial charge in [0.15, 0.2) is 0 Å². The Morgan fingerprint density at radius 2 is 2.12 bits per heavy atom. The molecule has 0 bridgehead atoms. The summed E-state index contributed by atoms with van der Waals surface area (Å²) in [6.07, 6.45) is 0.130. The molecule has 5 heteroatoms. The van der Waals surface area contributed by atoms with Crippen LogP contribution in [0.25, 0.3) is 0 Å². The number of carboxylic acid groups (broad SMARTS) is 1. The van der Waals surface area contributed by atoms with E-state index < -0.39 is 23.6 Å². The van der Waals surface area contributed by atoms with E-state index >= 15 is 0 Å². The van der Waals surface area contributed by atoms with Gasteiger partial charge in [-0.1, -0.05) is 12.1 Å². The van der Waals surface area contributed by atoms with E-state index in [1.54, 1.807) is 0 Å². The van der Waals surface area contributed by atoms with E-state index in [9.17, 15) is 18.0 Å². The fourth-order valence-electron chi connectivity index (χ4n) is 2.14. The lowest BCUT2D eigenvalue weighted by Gasteiger charge is -2.19. The quantitative estimate of drug-likeness (QED) is 0.847. The second-order valence-electron chi connectivity index (χ2n) is 3.83. The van der Waals surface area contributed by atoms with Gasteiger partial charge >= 0.3 is 11.9 Å². The molecule has 0 saturated heterocycles. The fourth-order valence-corrected chi connectivity index (χ4v) is 2.14. The van der Waals surface area contributed by atoms with Crippen LogP contribution >= 0.6 is 0 Å². The van der Waals surface area contributed by atoms with E-state index in [-0.39, 0.29) is 24.0 Å². The lowest BCUT2D eigenvalue weighted by Crippen LogP contribution is -2.34. The molecule has 0 saturated carbocycles. The molecule has 1 unspecified atom stereocenters. The molecule has 1 N–H and O–H groups in total. The molecule has 1 aromatic rings. The second-order valence-corrected chi connectivity index (χ2v) is 3.83. The predicted octanol–water partition coefficient (Wildman–Crippen LogP) is 2.58. The van der Waals surface area contributed by atoms with E-state index in [0.29, 0.717) is 0 Å². The van der Waals surface area contributed by atoms with E-state index in [1.165, 1.54) is 18.2 Å². The highest BCUT2D eigenvalue weighted by atomic mass is 19.3. The molecule has 0 radical (unpaired) electrons. The van der Waals surface area contributed by atoms with Crippen LogP contribution in [0, 0.1) is 5.82 Å². The maximum absolute atomic E-state index is 13.3. The summed E-state index contributed by atoms with van der Waals surface area (Å²) in [5, 5.41) is 8.45. The van der Waals surface area contributed by atoms with Crippen LogP contribution in [0.15, 0.2) is 18.2 Å². The van der Waals surface area contributed by atoms with Gasteiger partial charge in [-0.15, -0.1) is 0 Å². The summed E-state index contributed by atoms with van der Waals surface area (Å²) in [4.78, 5) is 10.5. The largest absolute Gasteiger partial charge is 0.477 e. The molecule has 0 aromatic heterocycles. The van der Waals surface area contributed by atoms with Crippen molar-refractivity contribution < 1.29 is 23.1 Å². The summed E-state index contributed by atoms with van der Waals surface area (Å²) < 4.78 is 39.9. The Kier molecular flexibility index (Phi) is 2.40. The number of hydrogen-bond acceptors (Lipinski definition) is 1. The summed E-state index contributed by atoms with van der Waals surface area (Å²) in [7, 11) is 0. The average Bonchev–Trinajstić information content (AvgIpc) is 2.63.